The highest BCUT2D eigenvalue weighted by Gasteiger charge is 2.26. The molecule has 0 saturated carbocycles. The van der Waals surface area contributed by atoms with Gasteiger partial charge in [-0.2, -0.15) is 19.3 Å². The van der Waals surface area contributed by atoms with Crippen LogP contribution >= 0.6 is 11.8 Å². The monoisotopic (exact) mass is 314 g/mol. The third-order valence-electron chi connectivity index (χ3n) is 2.52. The van der Waals surface area contributed by atoms with Crippen molar-refractivity contribution in [1.82, 2.24) is 10.9 Å². The lowest BCUT2D eigenvalue weighted by Crippen LogP contribution is -2.24. The molecule has 107 valence electrons. The molecular weight excluding hydrogens is 302 g/mol. The van der Waals surface area contributed by atoms with Crippen LogP contribution in [0.1, 0.15) is 23.7 Å². The zero-order chi connectivity index (χ0) is 14.8. The first-order valence-electron chi connectivity index (χ1n) is 5.74. The van der Waals surface area contributed by atoms with Crippen LogP contribution in [0.3, 0.4) is 0 Å². The highest BCUT2D eigenvalue weighted by Crippen LogP contribution is 2.23. The molecule has 1 fully saturated rings. The Morgan fingerprint density at radius 2 is 2.20 bits per heavy atom. The highest BCUT2D eigenvalue weighted by molar-refractivity contribution is 8.15. The van der Waals surface area contributed by atoms with E-state index in [1.54, 1.807) is 0 Å². The lowest BCUT2D eigenvalue weighted by Gasteiger charge is -2.03. The molecule has 2 rings (SSSR count). The molecule has 1 aromatic carbocycles. The Balaban J connectivity index is 2.37. The van der Waals surface area contributed by atoms with E-state index in [9.17, 15) is 13.2 Å². The summed E-state index contributed by atoms with van der Waals surface area (Å²) in [7, 11) is -4.10. The minimum absolute atomic E-state index is 0.0151. The van der Waals surface area contributed by atoms with Crippen molar-refractivity contribution in [3.63, 3.8) is 0 Å². The molecule has 0 aliphatic carbocycles. The van der Waals surface area contributed by atoms with Crippen molar-refractivity contribution in [2.75, 3.05) is 0 Å². The van der Waals surface area contributed by atoms with Gasteiger partial charge >= 0.3 is 5.97 Å². The largest absolute Gasteiger partial charge is 0.478 e. The van der Waals surface area contributed by atoms with Crippen LogP contribution in [-0.2, 0) is 10.0 Å². The number of carbonyl (C=O) groups is 1. The number of rotatable bonds is 4. The maximum atomic E-state index is 12.2. The van der Waals surface area contributed by atoms with Crippen LogP contribution in [0.25, 0.3) is 0 Å². The van der Waals surface area contributed by atoms with Gasteiger partial charge in [0.05, 0.1) is 10.9 Å². The number of aromatic carboxylic acids is 1. The van der Waals surface area contributed by atoms with Gasteiger partial charge in [-0.05, 0) is 18.6 Å². The molecule has 0 amide bonds. The van der Waals surface area contributed by atoms with Crippen LogP contribution in [0.2, 0.25) is 0 Å². The van der Waals surface area contributed by atoms with Crippen molar-refractivity contribution >= 4 is 32.9 Å². The fraction of sp³-hybridized carbons (Fsp3) is 0.273. The maximum Gasteiger partial charge on any atom is 0.337 e. The highest BCUT2D eigenvalue weighted by atomic mass is 32.2. The smallest absolute Gasteiger partial charge is 0.337 e. The summed E-state index contributed by atoms with van der Waals surface area (Å²) in [6.07, 6.45) is 0.763. The van der Waals surface area contributed by atoms with E-state index in [1.165, 1.54) is 36.0 Å². The SMILES string of the molecule is CCC1N[N]C(=NS(=O)(=O)c2ccccc2C(=O)O)S1. The number of hydrogen-bond donors (Lipinski definition) is 2. The number of nitrogens with zero attached hydrogens (tertiary/aromatic N) is 2. The molecule has 0 spiro atoms. The summed E-state index contributed by atoms with van der Waals surface area (Å²) in [4.78, 5) is 10.7. The molecule has 7 nitrogen and oxygen atoms in total. The molecular formula is C11H12N3O4S2. The summed E-state index contributed by atoms with van der Waals surface area (Å²) < 4.78 is 27.9. The zero-order valence-corrected chi connectivity index (χ0v) is 12.1. The molecule has 1 saturated heterocycles. The van der Waals surface area contributed by atoms with Gasteiger partial charge in [0, 0.05) is 0 Å². The second kappa shape index (κ2) is 5.81. The number of nitrogens with one attached hydrogen (secondary N) is 1. The first kappa shape index (κ1) is 14.8. The van der Waals surface area contributed by atoms with Gasteiger partial charge in [-0.25, -0.2) is 4.79 Å². The van der Waals surface area contributed by atoms with Crippen molar-refractivity contribution < 1.29 is 18.3 Å². The number of sulfonamides is 1. The van der Waals surface area contributed by atoms with Crippen LogP contribution in [0, 0.1) is 0 Å². The Morgan fingerprint density at radius 3 is 2.80 bits per heavy atom. The lowest BCUT2D eigenvalue weighted by molar-refractivity contribution is 0.0692. The van der Waals surface area contributed by atoms with Crippen LogP contribution in [-0.4, -0.2) is 30.0 Å². The summed E-state index contributed by atoms with van der Waals surface area (Å²) in [6, 6.07) is 5.35. The normalized spacial score (nSPS) is 20.9. The van der Waals surface area contributed by atoms with Crippen molar-refractivity contribution in [3.05, 3.63) is 29.8 Å². The van der Waals surface area contributed by atoms with Gasteiger partial charge in [0.1, 0.15) is 4.90 Å². The van der Waals surface area contributed by atoms with Gasteiger partial charge in [-0.1, -0.05) is 30.8 Å². The number of carboxylic acids is 1. The Bertz CT molecular complexity index is 657. The summed E-state index contributed by atoms with van der Waals surface area (Å²) in [6.45, 7) is 1.93. The molecule has 0 bridgehead atoms. The Morgan fingerprint density at radius 1 is 1.50 bits per heavy atom. The Hall–Kier alpha value is -1.58. The van der Waals surface area contributed by atoms with Crippen LogP contribution < -0.4 is 10.9 Å². The minimum Gasteiger partial charge on any atom is -0.478 e. The average Bonchev–Trinajstić information content (AvgIpc) is 2.85. The van der Waals surface area contributed by atoms with Crippen LogP contribution in [0.4, 0.5) is 0 Å². The second-order valence-electron chi connectivity index (χ2n) is 3.91. The standard InChI is InChI=1S/C11H12N3O4S2/c1-2-9-12-13-11(19-9)14-20(17,18)8-6-4-3-5-7(8)10(15)16/h3-6,9,12H,2H2,1H3,(H,15,16). The van der Waals surface area contributed by atoms with Crippen molar-refractivity contribution in [2.24, 2.45) is 4.40 Å². The van der Waals surface area contributed by atoms with Gasteiger partial charge in [0.25, 0.3) is 10.0 Å². The van der Waals surface area contributed by atoms with Gasteiger partial charge in [0.15, 0.2) is 0 Å². The van der Waals surface area contributed by atoms with Crippen molar-refractivity contribution in [1.29, 1.82) is 0 Å². The lowest BCUT2D eigenvalue weighted by atomic mass is 10.2. The summed E-state index contributed by atoms with van der Waals surface area (Å²) in [5.74, 6) is -1.31. The molecule has 20 heavy (non-hydrogen) atoms. The van der Waals surface area contributed by atoms with E-state index in [0.717, 1.165) is 6.42 Å². The molecule has 2 N–H and O–H groups in total. The van der Waals surface area contributed by atoms with Gasteiger partial charge in [0.2, 0.25) is 5.17 Å². The van der Waals surface area contributed by atoms with Crippen LogP contribution in [0.15, 0.2) is 33.6 Å². The third-order valence-corrected chi connectivity index (χ3v) is 5.07. The predicted molar refractivity (Wildman–Crippen MR) is 75.0 cm³/mol. The minimum atomic E-state index is -4.10. The fourth-order valence-corrected chi connectivity index (χ4v) is 3.67. The average molecular weight is 314 g/mol. The number of benzene rings is 1. The fourth-order valence-electron chi connectivity index (χ4n) is 1.54. The number of amidine groups is 1. The van der Waals surface area contributed by atoms with Gasteiger partial charge in [-0.15, -0.1) is 4.40 Å². The molecule has 1 aliphatic rings. The van der Waals surface area contributed by atoms with E-state index in [2.05, 4.69) is 15.2 Å². The maximum absolute atomic E-state index is 12.2. The Labute approximate surface area is 120 Å². The summed E-state index contributed by atoms with van der Waals surface area (Å²) >= 11 is 1.19. The van der Waals surface area contributed by atoms with Crippen molar-refractivity contribution in [2.45, 2.75) is 23.6 Å². The molecule has 1 heterocycles. The molecule has 1 radical (unpaired) electrons. The summed E-state index contributed by atoms with van der Waals surface area (Å²) in [5, 5.41) is 9.08. The topological polar surface area (TPSA) is 110 Å². The quantitative estimate of drug-likeness (QED) is 0.858. The van der Waals surface area contributed by atoms with Crippen molar-refractivity contribution in [3.8, 4) is 0 Å². The van der Waals surface area contributed by atoms with E-state index >= 15 is 0 Å². The molecule has 1 unspecified atom stereocenters. The molecule has 1 aliphatic heterocycles. The Kier molecular flexibility index (Phi) is 4.31. The van der Waals surface area contributed by atoms with E-state index in [-0.39, 0.29) is 21.0 Å². The molecule has 1 atom stereocenters. The number of hydrogen-bond acceptors (Lipinski definition) is 5. The van der Waals surface area contributed by atoms with Crippen LogP contribution in [0.5, 0.6) is 0 Å². The number of thioether (sulfide) groups is 1. The predicted octanol–water partition coefficient (Wildman–Crippen LogP) is 1.02. The van der Waals surface area contributed by atoms with Gasteiger partial charge in [-0.3, -0.25) is 0 Å². The first-order chi connectivity index (χ1) is 9.44. The molecule has 9 heteroatoms. The van der Waals surface area contributed by atoms with E-state index in [4.69, 9.17) is 5.11 Å². The third kappa shape index (κ3) is 3.11. The molecule has 1 aromatic rings. The second-order valence-corrected chi connectivity index (χ2v) is 6.65. The first-order valence-corrected chi connectivity index (χ1v) is 8.06. The number of carboxylic acid groups (broad SMARTS) is 1. The zero-order valence-electron chi connectivity index (χ0n) is 10.5. The van der Waals surface area contributed by atoms with Gasteiger partial charge < -0.3 is 5.11 Å². The van der Waals surface area contributed by atoms with E-state index in [1.807, 2.05) is 6.92 Å². The molecule has 0 aromatic heterocycles. The summed E-state index contributed by atoms with van der Waals surface area (Å²) in [5.41, 5.74) is 6.25. The van der Waals surface area contributed by atoms with E-state index < -0.39 is 16.0 Å². The van der Waals surface area contributed by atoms with E-state index in [0.29, 0.717) is 0 Å².